The maximum absolute atomic E-state index is 11.0. The van der Waals surface area contributed by atoms with Crippen LogP contribution in [-0.4, -0.2) is 45.8 Å². The zero-order chi connectivity index (χ0) is 16.7. The van der Waals surface area contributed by atoms with Crippen LogP contribution in [0.3, 0.4) is 0 Å². The van der Waals surface area contributed by atoms with Crippen LogP contribution in [0.25, 0.3) is 0 Å². The van der Waals surface area contributed by atoms with Crippen molar-refractivity contribution in [1.29, 1.82) is 0 Å². The number of carboxylic acid groups (broad SMARTS) is 1. The molecule has 2 atom stereocenters. The lowest BCUT2D eigenvalue weighted by Crippen LogP contribution is -2.36. The summed E-state index contributed by atoms with van der Waals surface area (Å²) in [5, 5.41) is 29.6. The average molecular weight is 315 g/mol. The van der Waals surface area contributed by atoms with Crippen molar-refractivity contribution in [3.8, 4) is 0 Å². The van der Waals surface area contributed by atoms with E-state index in [0.29, 0.717) is 0 Å². The van der Waals surface area contributed by atoms with Gasteiger partial charge in [-0.1, -0.05) is 60.7 Å². The van der Waals surface area contributed by atoms with Gasteiger partial charge in [-0.15, -0.1) is 0 Å². The van der Waals surface area contributed by atoms with Gasteiger partial charge in [0.2, 0.25) is 0 Å². The maximum atomic E-state index is 11.0. The Labute approximate surface area is 135 Å². The van der Waals surface area contributed by atoms with Gasteiger partial charge in [-0.2, -0.15) is 0 Å². The van der Waals surface area contributed by atoms with Crippen molar-refractivity contribution in [1.82, 2.24) is 4.90 Å². The van der Waals surface area contributed by atoms with Gasteiger partial charge in [0.15, 0.2) is 0 Å². The van der Waals surface area contributed by atoms with E-state index in [2.05, 4.69) is 0 Å². The molecule has 0 aliphatic rings. The Kier molecular flexibility index (Phi) is 6.29. The molecule has 0 fully saturated rings. The summed E-state index contributed by atoms with van der Waals surface area (Å²) in [4.78, 5) is 12.6. The molecule has 0 aliphatic carbocycles. The molecule has 5 nitrogen and oxygen atoms in total. The van der Waals surface area contributed by atoms with E-state index in [9.17, 15) is 15.0 Å². The number of hydrogen-bond acceptors (Lipinski definition) is 4. The van der Waals surface area contributed by atoms with Crippen molar-refractivity contribution in [2.24, 2.45) is 0 Å². The highest BCUT2D eigenvalue weighted by molar-refractivity contribution is 5.69. The Morgan fingerprint density at radius 1 is 0.826 bits per heavy atom. The lowest BCUT2D eigenvalue weighted by atomic mass is 10.1. The predicted octanol–water partition coefficient (Wildman–Crippen LogP) is 1.84. The monoisotopic (exact) mass is 315 g/mol. The van der Waals surface area contributed by atoms with Gasteiger partial charge in [-0.25, -0.2) is 0 Å². The van der Waals surface area contributed by atoms with Gasteiger partial charge < -0.3 is 15.3 Å². The molecule has 0 saturated heterocycles. The zero-order valence-corrected chi connectivity index (χ0v) is 12.7. The summed E-state index contributed by atoms with van der Waals surface area (Å²) >= 11 is 0. The number of rotatable bonds is 8. The van der Waals surface area contributed by atoms with Gasteiger partial charge in [-0.05, 0) is 11.1 Å². The first kappa shape index (κ1) is 17.1. The van der Waals surface area contributed by atoms with Crippen molar-refractivity contribution in [2.75, 3.05) is 19.6 Å². The van der Waals surface area contributed by atoms with E-state index in [1.165, 1.54) is 4.90 Å². The van der Waals surface area contributed by atoms with E-state index >= 15 is 0 Å². The molecular weight excluding hydrogens is 294 g/mol. The first-order valence-corrected chi connectivity index (χ1v) is 7.46. The Balaban J connectivity index is 2.03. The van der Waals surface area contributed by atoms with Crippen LogP contribution in [-0.2, 0) is 4.79 Å². The molecular formula is C18H21NO4. The van der Waals surface area contributed by atoms with Gasteiger partial charge in [0, 0.05) is 13.1 Å². The van der Waals surface area contributed by atoms with Gasteiger partial charge >= 0.3 is 5.97 Å². The fourth-order valence-corrected chi connectivity index (χ4v) is 2.45. The van der Waals surface area contributed by atoms with Gasteiger partial charge in [0.1, 0.15) is 0 Å². The summed E-state index contributed by atoms with van der Waals surface area (Å²) in [5.74, 6) is -0.995. The van der Waals surface area contributed by atoms with Crippen LogP contribution >= 0.6 is 0 Å². The molecule has 0 spiro atoms. The largest absolute Gasteiger partial charge is 0.480 e. The normalized spacial score (nSPS) is 13.7. The molecule has 2 aromatic rings. The molecule has 0 aromatic heterocycles. The number of nitrogens with zero attached hydrogens (tertiary/aromatic N) is 1. The third-order valence-corrected chi connectivity index (χ3v) is 3.59. The van der Waals surface area contributed by atoms with Gasteiger partial charge in [0.05, 0.1) is 18.8 Å². The second-order valence-corrected chi connectivity index (χ2v) is 5.44. The molecule has 2 aromatic carbocycles. The molecule has 3 N–H and O–H groups in total. The zero-order valence-electron chi connectivity index (χ0n) is 12.7. The average Bonchev–Trinajstić information content (AvgIpc) is 2.55. The Bertz CT molecular complexity index is 555. The molecule has 5 heteroatoms. The SMILES string of the molecule is O=C(O)CN(CC(O)c1ccccc1)CC(O)c1ccccc1. The second-order valence-electron chi connectivity index (χ2n) is 5.44. The lowest BCUT2D eigenvalue weighted by Gasteiger charge is -2.26. The van der Waals surface area contributed by atoms with Crippen LogP contribution in [0.4, 0.5) is 0 Å². The summed E-state index contributed by atoms with van der Waals surface area (Å²) in [5.41, 5.74) is 1.44. The standard InChI is InChI=1S/C18H21NO4/c20-16(14-7-3-1-4-8-14)11-19(13-18(22)23)12-17(21)15-9-5-2-6-10-15/h1-10,16-17,20-21H,11-13H2,(H,22,23). The van der Waals surface area contributed by atoms with Crippen LogP contribution in [0.15, 0.2) is 60.7 Å². The van der Waals surface area contributed by atoms with E-state index in [0.717, 1.165) is 11.1 Å². The number of aliphatic carboxylic acids is 1. The van der Waals surface area contributed by atoms with Crippen molar-refractivity contribution in [3.63, 3.8) is 0 Å². The molecule has 0 amide bonds. The third-order valence-electron chi connectivity index (χ3n) is 3.59. The third kappa shape index (κ3) is 5.49. The fraction of sp³-hybridized carbons (Fsp3) is 0.278. The quantitative estimate of drug-likeness (QED) is 0.692. The first-order chi connectivity index (χ1) is 11.1. The van der Waals surface area contributed by atoms with E-state index < -0.39 is 18.2 Å². The summed E-state index contributed by atoms with van der Waals surface area (Å²) in [7, 11) is 0. The number of aliphatic hydroxyl groups is 2. The maximum Gasteiger partial charge on any atom is 0.317 e. The Morgan fingerprint density at radius 2 is 1.22 bits per heavy atom. The highest BCUT2D eigenvalue weighted by atomic mass is 16.4. The summed E-state index contributed by atoms with van der Waals surface area (Å²) in [6, 6.07) is 18.1. The molecule has 2 unspecified atom stereocenters. The molecule has 2 rings (SSSR count). The smallest absolute Gasteiger partial charge is 0.317 e. The number of benzene rings is 2. The van der Waals surface area contributed by atoms with E-state index in [4.69, 9.17) is 5.11 Å². The summed E-state index contributed by atoms with van der Waals surface area (Å²) < 4.78 is 0. The van der Waals surface area contributed by atoms with Gasteiger partial charge in [0.25, 0.3) is 0 Å². The highest BCUT2D eigenvalue weighted by Gasteiger charge is 2.19. The van der Waals surface area contributed by atoms with Gasteiger partial charge in [-0.3, -0.25) is 9.69 Å². The second kappa shape index (κ2) is 8.43. The van der Waals surface area contributed by atoms with Crippen LogP contribution in [0.1, 0.15) is 23.3 Å². The Morgan fingerprint density at radius 3 is 1.57 bits per heavy atom. The van der Waals surface area contributed by atoms with Crippen molar-refractivity contribution in [2.45, 2.75) is 12.2 Å². The van der Waals surface area contributed by atoms with Crippen LogP contribution in [0.2, 0.25) is 0 Å². The Hall–Kier alpha value is -2.21. The number of aliphatic hydroxyl groups excluding tert-OH is 2. The minimum atomic E-state index is -0.995. The lowest BCUT2D eigenvalue weighted by molar-refractivity contribution is -0.139. The minimum absolute atomic E-state index is 0.139. The fourth-order valence-electron chi connectivity index (χ4n) is 2.45. The molecule has 122 valence electrons. The molecule has 0 bridgehead atoms. The van der Waals surface area contributed by atoms with Crippen LogP contribution < -0.4 is 0 Å². The topological polar surface area (TPSA) is 81.0 Å². The predicted molar refractivity (Wildman–Crippen MR) is 86.9 cm³/mol. The summed E-state index contributed by atoms with van der Waals surface area (Å²) in [6.45, 7) is 0.0359. The van der Waals surface area contributed by atoms with Crippen molar-refractivity contribution in [3.05, 3.63) is 71.8 Å². The first-order valence-electron chi connectivity index (χ1n) is 7.46. The molecule has 0 saturated carbocycles. The minimum Gasteiger partial charge on any atom is -0.480 e. The van der Waals surface area contributed by atoms with E-state index in [-0.39, 0.29) is 19.6 Å². The summed E-state index contributed by atoms with van der Waals surface area (Å²) in [6.07, 6.45) is -1.61. The highest BCUT2D eigenvalue weighted by Crippen LogP contribution is 2.17. The van der Waals surface area contributed by atoms with Crippen LogP contribution in [0, 0.1) is 0 Å². The van der Waals surface area contributed by atoms with Crippen molar-refractivity contribution >= 4 is 5.97 Å². The van der Waals surface area contributed by atoms with Crippen molar-refractivity contribution < 1.29 is 20.1 Å². The van der Waals surface area contributed by atoms with E-state index in [1.54, 1.807) is 24.3 Å². The van der Waals surface area contributed by atoms with Crippen LogP contribution in [0.5, 0.6) is 0 Å². The molecule has 23 heavy (non-hydrogen) atoms. The molecule has 0 radical (unpaired) electrons. The molecule has 0 heterocycles. The van der Waals surface area contributed by atoms with E-state index in [1.807, 2.05) is 36.4 Å². The number of hydrogen-bond donors (Lipinski definition) is 3. The number of carbonyl (C=O) groups is 1. The number of carboxylic acids is 1. The molecule has 0 aliphatic heterocycles.